The average Bonchev–Trinajstić information content (AvgIpc) is 2.63. The molecule has 0 bridgehead atoms. The van der Waals surface area contributed by atoms with E-state index >= 15 is 0 Å². The van der Waals surface area contributed by atoms with Crippen molar-refractivity contribution >= 4 is 11.6 Å². The molecule has 0 spiro atoms. The molecule has 1 unspecified atom stereocenters. The number of hydrogen-bond acceptors (Lipinski definition) is 2. The van der Waals surface area contributed by atoms with Crippen LogP contribution in [-0.4, -0.2) is 11.6 Å². The zero-order valence-corrected chi connectivity index (χ0v) is 9.85. The summed E-state index contributed by atoms with van der Waals surface area (Å²) in [6.07, 6.45) is 6.48. The summed E-state index contributed by atoms with van der Waals surface area (Å²) in [5.41, 5.74) is 0.117. The van der Waals surface area contributed by atoms with E-state index in [-0.39, 0.29) is 5.56 Å². The normalized spacial score (nSPS) is 17.8. The third-order valence-electron chi connectivity index (χ3n) is 2.67. The van der Waals surface area contributed by atoms with Crippen molar-refractivity contribution < 1.29 is 18.4 Å². The van der Waals surface area contributed by atoms with Crippen molar-refractivity contribution in [3.8, 4) is 0 Å². The number of rotatable bonds is 3. The quantitative estimate of drug-likeness (QED) is 0.618. The molecular formula is C15H10F2O2. The molecule has 1 aromatic carbocycles. The van der Waals surface area contributed by atoms with Crippen LogP contribution in [0, 0.1) is 11.7 Å². The molecule has 0 heterocycles. The van der Waals surface area contributed by atoms with Gasteiger partial charge in [-0.3, -0.25) is 9.59 Å². The lowest BCUT2D eigenvalue weighted by atomic mass is 9.96. The van der Waals surface area contributed by atoms with E-state index in [1.165, 1.54) is 36.4 Å². The highest BCUT2D eigenvalue weighted by molar-refractivity contribution is 6.45. The molecule has 96 valence electrons. The number of carbonyl (C=O) groups excluding carboxylic acids is 2. The first-order chi connectivity index (χ1) is 9.08. The molecule has 1 atom stereocenters. The SMILES string of the molecule is O=C(C(=O)C1C=CC=C(F)C=C1)c1ccc(F)cc1. The number of carbonyl (C=O) groups is 2. The Balaban J connectivity index is 2.18. The second-order valence-corrected chi connectivity index (χ2v) is 4.02. The standard InChI is InChI=1S/C15H10F2O2/c16-12-3-1-2-10(4-7-12)14(18)15(19)11-5-8-13(17)9-6-11/h1-10H. The van der Waals surface area contributed by atoms with Gasteiger partial charge in [-0.25, -0.2) is 8.78 Å². The molecule has 19 heavy (non-hydrogen) atoms. The summed E-state index contributed by atoms with van der Waals surface area (Å²) < 4.78 is 25.7. The Morgan fingerprint density at radius 1 is 1.00 bits per heavy atom. The molecule has 1 aliphatic carbocycles. The molecule has 0 aliphatic heterocycles. The van der Waals surface area contributed by atoms with Crippen molar-refractivity contribution in [1.29, 1.82) is 0 Å². The molecule has 4 heteroatoms. The zero-order chi connectivity index (χ0) is 13.8. The molecule has 0 saturated heterocycles. The summed E-state index contributed by atoms with van der Waals surface area (Å²) in [5, 5.41) is 0. The highest BCUT2D eigenvalue weighted by Gasteiger charge is 2.22. The fourth-order valence-electron chi connectivity index (χ4n) is 1.65. The zero-order valence-electron chi connectivity index (χ0n) is 9.85. The summed E-state index contributed by atoms with van der Waals surface area (Å²) in [5.74, 6) is -3.17. The first kappa shape index (κ1) is 13.1. The van der Waals surface area contributed by atoms with Gasteiger partial charge in [0.2, 0.25) is 11.6 Å². The number of allylic oxidation sites excluding steroid dienone is 6. The van der Waals surface area contributed by atoms with Gasteiger partial charge in [-0.1, -0.05) is 18.2 Å². The Kier molecular flexibility index (Phi) is 3.80. The van der Waals surface area contributed by atoms with Gasteiger partial charge in [0.25, 0.3) is 0 Å². The second-order valence-electron chi connectivity index (χ2n) is 4.02. The maximum atomic E-state index is 12.9. The number of hydrogen-bond donors (Lipinski definition) is 0. The maximum absolute atomic E-state index is 12.9. The molecule has 1 aromatic rings. The molecule has 0 saturated carbocycles. The fourth-order valence-corrected chi connectivity index (χ4v) is 1.65. The Bertz CT molecular complexity index is 595. The van der Waals surface area contributed by atoms with Crippen molar-refractivity contribution in [2.45, 2.75) is 0 Å². The van der Waals surface area contributed by atoms with Gasteiger partial charge in [0, 0.05) is 5.56 Å². The summed E-state index contributed by atoms with van der Waals surface area (Å²) in [4.78, 5) is 23.8. The van der Waals surface area contributed by atoms with E-state index in [1.54, 1.807) is 0 Å². The van der Waals surface area contributed by atoms with Crippen molar-refractivity contribution in [2.24, 2.45) is 5.92 Å². The van der Waals surface area contributed by atoms with Gasteiger partial charge in [0.05, 0.1) is 5.92 Å². The van der Waals surface area contributed by atoms with Crippen LogP contribution in [0.2, 0.25) is 0 Å². The topological polar surface area (TPSA) is 34.1 Å². The Hall–Kier alpha value is -2.36. The van der Waals surface area contributed by atoms with E-state index in [9.17, 15) is 18.4 Å². The lowest BCUT2D eigenvalue weighted by molar-refractivity contribution is -0.116. The van der Waals surface area contributed by atoms with Gasteiger partial charge >= 0.3 is 0 Å². The Labute approximate surface area is 108 Å². The third kappa shape index (κ3) is 3.10. The molecule has 0 aromatic heterocycles. The van der Waals surface area contributed by atoms with Crippen molar-refractivity contribution in [2.75, 3.05) is 0 Å². The lowest BCUT2D eigenvalue weighted by Gasteiger charge is -2.05. The van der Waals surface area contributed by atoms with E-state index in [2.05, 4.69) is 0 Å². The highest BCUT2D eigenvalue weighted by Crippen LogP contribution is 2.15. The minimum absolute atomic E-state index is 0.117. The summed E-state index contributed by atoms with van der Waals surface area (Å²) in [6.45, 7) is 0. The molecule has 0 N–H and O–H groups in total. The monoisotopic (exact) mass is 260 g/mol. The van der Waals surface area contributed by atoms with Crippen LogP contribution in [0.15, 0.2) is 60.5 Å². The summed E-state index contributed by atoms with van der Waals surface area (Å²) in [7, 11) is 0. The van der Waals surface area contributed by atoms with Crippen LogP contribution in [0.5, 0.6) is 0 Å². The van der Waals surface area contributed by atoms with Gasteiger partial charge in [-0.2, -0.15) is 0 Å². The molecule has 1 aliphatic rings. The molecule has 0 radical (unpaired) electrons. The smallest absolute Gasteiger partial charge is 0.229 e. The predicted molar refractivity (Wildman–Crippen MR) is 66.7 cm³/mol. The fraction of sp³-hybridized carbons (Fsp3) is 0.0667. The van der Waals surface area contributed by atoms with Gasteiger partial charge in [-0.05, 0) is 36.4 Å². The van der Waals surface area contributed by atoms with Crippen LogP contribution in [0.25, 0.3) is 0 Å². The summed E-state index contributed by atoms with van der Waals surface area (Å²) >= 11 is 0. The van der Waals surface area contributed by atoms with Crippen molar-refractivity contribution in [1.82, 2.24) is 0 Å². The van der Waals surface area contributed by atoms with Crippen LogP contribution in [0.3, 0.4) is 0 Å². The van der Waals surface area contributed by atoms with E-state index < -0.39 is 29.1 Å². The Morgan fingerprint density at radius 3 is 2.37 bits per heavy atom. The van der Waals surface area contributed by atoms with Crippen LogP contribution in [-0.2, 0) is 4.79 Å². The van der Waals surface area contributed by atoms with Crippen molar-refractivity contribution in [3.63, 3.8) is 0 Å². The van der Waals surface area contributed by atoms with Gasteiger partial charge in [0.1, 0.15) is 11.6 Å². The largest absolute Gasteiger partial charge is 0.289 e. The van der Waals surface area contributed by atoms with Crippen molar-refractivity contribution in [3.05, 3.63) is 71.9 Å². The maximum Gasteiger partial charge on any atom is 0.229 e. The van der Waals surface area contributed by atoms with Crippen LogP contribution < -0.4 is 0 Å². The first-order valence-corrected chi connectivity index (χ1v) is 5.64. The van der Waals surface area contributed by atoms with Gasteiger partial charge in [-0.15, -0.1) is 0 Å². The van der Waals surface area contributed by atoms with Gasteiger partial charge in [0.15, 0.2) is 0 Å². The molecular weight excluding hydrogens is 250 g/mol. The van der Waals surface area contributed by atoms with Gasteiger partial charge < -0.3 is 0 Å². The summed E-state index contributed by atoms with van der Waals surface area (Å²) in [6, 6.07) is 4.72. The predicted octanol–water partition coefficient (Wildman–Crippen LogP) is 3.17. The first-order valence-electron chi connectivity index (χ1n) is 5.64. The van der Waals surface area contributed by atoms with E-state index in [0.717, 1.165) is 18.2 Å². The lowest BCUT2D eigenvalue weighted by Crippen LogP contribution is -2.21. The third-order valence-corrected chi connectivity index (χ3v) is 2.67. The van der Waals surface area contributed by atoms with Crippen LogP contribution >= 0.6 is 0 Å². The molecule has 2 nitrogen and oxygen atoms in total. The van der Waals surface area contributed by atoms with Crippen LogP contribution in [0.4, 0.5) is 8.78 Å². The highest BCUT2D eigenvalue weighted by atomic mass is 19.1. The van der Waals surface area contributed by atoms with E-state index in [0.29, 0.717) is 0 Å². The van der Waals surface area contributed by atoms with Crippen LogP contribution in [0.1, 0.15) is 10.4 Å². The Morgan fingerprint density at radius 2 is 1.68 bits per heavy atom. The van der Waals surface area contributed by atoms with E-state index in [1.807, 2.05) is 0 Å². The molecule has 0 fully saturated rings. The average molecular weight is 260 g/mol. The second kappa shape index (κ2) is 5.52. The molecule has 0 amide bonds. The van der Waals surface area contributed by atoms with E-state index in [4.69, 9.17) is 0 Å². The minimum Gasteiger partial charge on any atom is -0.289 e. The molecule has 2 rings (SSSR count). The number of benzene rings is 1. The minimum atomic E-state index is -0.804. The number of Topliss-reactive ketones (excluding diaryl/α,β-unsaturated/α-hetero) is 2. The number of ketones is 2. The number of halogens is 2.